The van der Waals surface area contributed by atoms with Crippen molar-refractivity contribution in [1.29, 1.82) is 0 Å². The molecule has 0 saturated heterocycles. The molecule has 0 saturated carbocycles. The lowest BCUT2D eigenvalue weighted by atomic mass is 10.1. The van der Waals surface area contributed by atoms with Crippen LogP contribution in [-0.2, 0) is 17.8 Å². The van der Waals surface area contributed by atoms with E-state index < -0.39 is 0 Å². The highest BCUT2D eigenvalue weighted by Gasteiger charge is 2.26. The van der Waals surface area contributed by atoms with Crippen LogP contribution >= 0.6 is 11.6 Å². The number of amides is 1. The molecule has 23 heavy (non-hydrogen) atoms. The van der Waals surface area contributed by atoms with E-state index in [4.69, 9.17) is 11.6 Å². The summed E-state index contributed by atoms with van der Waals surface area (Å²) in [7, 11) is 0. The first kappa shape index (κ1) is 15.6. The van der Waals surface area contributed by atoms with Crippen LogP contribution in [0.3, 0.4) is 0 Å². The largest absolute Gasteiger partial charge is 0.373 e. The monoisotopic (exact) mass is 331 g/mol. The molecule has 0 bridgehead atoms. The first-order chi connectivity index (χ1) is 11.0. The average molecular weight is 332 g/mol. The van der Waals surface area contributed by atoms with Crippen molar-refractivity contribution in [2.45, 2.75) is 32.9 Å². The summed E-state index contributed by atoms with van der Waals surface area (Å²) >= 11 is 5.97. The Morgan fingerprint density at radius 2 is 2.17 bits per heavy atom. The maximum atomic E-state index is 12.3. The summed E-state index contributed by atoms with van der Waals surface area (Å²) in [5.41, 5.74) is 4.02. The quantitative estimate of drug-likeness (QED) is 0.808. The lowest BCUT2D eigenvalue weighted by molar-refractivity contribution is -0.121. The van der Waals surface area contributed by atoms with Crippen LogP contribution in [0.25, 0.3) is 0 Å². The van der Waals surface area contributed by atoms with E-state index in [0.717, 1.165) is 16.9 Å². The van der Waals surface area contributed by atoms with Crippen molar-refractivity contribution < 1.29 is 4.79 Å². The Hall–Kier alpha value is -2.27. The molecule has 1 aromatic heterocycles. The summed E-state index contributed by atoms with van der Waals surface area (Å²) in [6.45, 7) is 3.83. The van der Waals surface area contributed by atoms with E-state index in [0.29, 0.717) is 29.1 Å². The van der Waals surface area contributed by atoms with Gasteiger partial charge in [-0.3, -0.25) is 9.59 Å². The Morgan fingerprint density at radius 1 is 1.39 bits per heavy atom. The molecule has 0 unspecified atom stereocenters. The van der Waals surface area contributed by atoms with Crippen LogP contribution in [0, 0.1) is 13.8 Å². The molecule has 0 radical (unpaired) electrons. The van der Waals surface area contributed by atoms with Gasteiger partial charge in [0.15, 0.2) is 5.43 Å². The molecule has 3 N–H and O–H groups in total. The molecule has 1 aromatic carbocycles. The maximum absolute atomic E-state index is 12.3. The Morgan fingerprint density at radius 3 is 2.96 bits per heavy atom. The maximum Gasteiger partial charge on any atom is 0.243 e. The predicted molar refractivity (Wildman–Crippen MR) is 91.0 cm³/mol. The van der Waals surface area contributed by atoms with Crippen molar-refractivity contribution in [3.63, 3.8) is 0 Å². The molecule has 1 amide bonds. The lowest BCUT2D eigenvalue weighted by Gasteiger charge is -2.13. The van der Waals surface area contributed by atoms with E-state index >= 15 is 0 Å². The van der Waals surface area contributed by atoms with Crippen molar-refractivity contribution in [2.75, 3.05) is 5.32 Å². The molecule has 6 heteroatoms. The molecule has 5 nitrogen and oxygen atoms in total. The van der Waals surface area contributed by atoms with Gasteiger partial charge in [0, 0.05) is 40.1 Å². The SMILES string of the molecule is Cc1c[nH]c(CNC(=O)[C@@H]2Cc3cc(Cl)ccc3N2)c(C)c1=O. The summed E-state index contributed by atoms with van der Waals surface area (Å²) in [5, 5.41) is 6.73. The van der Waals surface area contributed by atoms with Gasteiger partial charge in [-0.15, -0.1) is 0 Å². The van der Waals surface area contributed by atoms with Gasteiger partial charge in [0.1, 0.15) is 6.04 Å². The highest BCUT2D eigenvalue weighted by molar-refractivity contribution is 6.30. The average Bonchev–Trinajstić information content (AvgIpc) is 2.95. The number of nitrogens with one attached hydrogen (secondary N) is 3. The summed E-state index contributed by atoms with van der Waals surface area (Å²) < 4.78 is 0. The number of hydrogen-bond donors (Lipinski definition) is 3. The molecule has 2 heterocycles. The second kappa shape index (κ2) is 6.08. The molecule has 0 spiro atoms. The van der Waals surface area contributed by atoms with Gasteiger partial charge < -0.3 is 15.6 Å². The van der Waals surface area contributed by atoms with Crippen molar-refractivity contribution in [2.24, 2.45) is 0 Å². The van der Waals surface area contributed by atoms with Crippen molar-refractivity contribution >= 4 is 23.2 Å². The van der Waals surface area contributed by atoms with Gasteiger partial charge in [-0.05, 0) is 37.6 Å². The fourth-order valence-corrected chi connectivity index (χ4v) is 2.97. The molecule has 120 valence electrons. The van der Waals surface area contributed by atoms with Crippen LogP contribution in [0.5, 0.6) is 0 Å². The zero-order valence-corrected chi connectivity index (χ0v) is 13.8. The zero-order valence-electron chi connectivity index (χ0n) is 13.0. The van der Waals surface area contributed by atoms with Gasteiger partial charge in [-0.2, -0.15) is 0 Å². The van der Waals surface area contributed by atoms with Crippen molar-refractivity contribution in [3.8, 4) is 0 Å². The molecule has 3 rings (SSSR count). The van der Waals surface area contributed by atoms with E-state index in [2.05, 4.69) is 15.6 Å². The fraction of sp³-hybridized carbons (Fsp3) is 0.294. The van der Waals surface area contributed by atoms with Crippen LogP contribution < -0.4 is 16.1 Å². The summed E-state index contributed by atoms with van der Waals surface area (Å²) in [4.78, 5) is 27.3. The molecular weight excluding hydrogens is 314 g/mol. The highest BCUT2D eigenvalue weighted by Crippen LogP contribution is 2.28. The first-order valence-corrected chi connectivity index (χ1v) is 7.84. The zero-order chi connectivity index (χ0) is 16.6. The molecule has 1 aliphatic heterocycles. The third-order valence-corrected chi connectivity index (χ3v) is 4.43. The Labute approximate surface area is 139 Å². The summed E-state index contributed by atoms with van der Waals surface area (Å²) in [6, 6.07) is 5.24. The minimum absolute atomic E-state index is 0.00837. The highest BCUT2D eigenvalue weighted by atomic mass is 35.5. The molecule has 0 fully saturated rings. The van der Waals surface area contributed by atoms with E-state index in [9.17, 15) is 9.59 Å². The van der Waals surface area contributed by atoms with Crippen LogP contribution in [0.15, 0.2) is 29.2 Å². The molecule has 0 aliphatic carbocycles. The van der Waals surface area contributed by atoms with Crippen molar-refractivity contribution in [1.82, 2.24) is 10.3 Å². The number of fused-ring (bicyclic) bond motifs is 1. The number of benzene rings is 1. The smallest absolute Gasteiger partial charge is 0.243 e. The number of H-pyrrole nitrogens is 1. The Bertz CT molecular complexity index is 829. The van der Waals surface area contributed by atoms with Crippen LogP contribution in [0.4, 0.5) is 5.69 Å². The van der Waals surface area contributed by atoms with Crippen LogP contribution in [0.2, 0.25) is 5.02 Å². The van der Waals surface area contributed by atoms with E-state index in [1.807, 2.05) is 12.1 Å². The number of carbonyl (C=O) groups excluding carboxylic acids is 1. The van der Waals surface area contributed by atoms with E-state index in [-0.39, 0.29) is 17.4 Å². The number of carbonyl (C=O) groups is 1. The standard InChI is InChI=1S/C17H18ClN3O2/c1-9-7-19-15(10(2)16(9)22)8-20-17(23)14-6-11-5-12(18)3-4-13(11)21-14/h3-5,7,14,21H,6,8H2,1-2H3,(H,19,22)(H,20,23)/t14-/m0/s1. The lowest BCUT2D eigenvalue weighted by Crippen LogP contribution is -2.38. The number of aryl methyl sites for hydroxylation is 1. The second-order valence-corrected chi connectivity index (χ2v) is 6.26. The van der Waals surface area contributed by atoms with Gasteiger partial charge in [0.05, 0.1) is 6.54 Å². The number of aromatic amines is 1. The number of pyridine rings is 1. The van der Waals surface area contributed by atoms with Crippen LogP contribution in [0.1, 0.15) is 22.4 Å². The summed E-state index contributed by atoms with van der Waals surface area (Å²) in [6.07, 6.45) is 2.27. The third kappa shape index (κ3) is 3.10. The molecular formula is C17H18ClN3O2. The summed E-state index contributed by atoms with van der Waals surface area (Å²) in [5.74, 6) is -0.0989. The van der Waals surface area contributed by atoms with Crippen LogP contribution in [-0.4, -0.2) is 16.9 Å². The van der Waals surface area contributed by atoms with E-state index in [1.54, 1.807) is 26.1 Å². The minimum atomic E-state index is -0.319. The Kier molecular flexibility index (Phi) is 4.13. The van der Waals surface area contributed by atoms with Crippen molar-refractivity contribution in [3.05, 3.63) is 62.0 Å². The number of anilines is 1. The molecule has 2 aromatic rings. The van der Waals surface area contributed by atoms with Gasteiger partial charge in [0.25, 0.3) is 0 Å². The number of hydrogen-bond acceptors (Lipinski definition) is 3. The first-order valence-electron chi connectivity index (χ1n) is 7.46. The predicted octanol–water partition coefficient (Wildman–Crippen LogP) is 2.30. The van der Waals surface area contributed by atoms with E-state index in [1.165, 1.54) is 0 Å². The molecule has 1 atom stereocenters. The normalized spacial score (nSPS) is 15.9. The van der Waals surface area contributed by atoms with Gasteiger partial charge in [-0.1, -0.05) is 11.6 Å². The van der Waals surface area contributed by atoms with Gasteiger partial charge in [-0.25, -0.2) is 0 Å². The number of halogens is 1. The number of aromatic nitrogens is 1. The number of rotatable bonds is 3. The Balaban J connectivity index is 1.65. The minimum Gasteiger partial charge on any atom is -0.373 e. The third-order valence-electron chi connectivity index (χ3n) is 4.19. The van der Waals surface area contributed by atoms with Gasteiger partial charge in [0.2, 0.25) is 5.91 Å². The topological polar surface area (TPSA) is 74.0 Å². The fourth-order valence-electron chi connectivity index (χ4n) is 2.77. The van der Waals surface area contributed by atoms with Gasteiger partial charge >= 0.3 is 0 Å². The second-order valence-electron chi connectivity index (χ2n) is 5.82. The molecule has 1 aliphatic rings.